The fraction of sp³-hybridized carbons (Fsp3) is 0.0769. The molecular weight excluding hydrogens is 376 g/mol. The topological polar surface area (TPSA) is 27.8 Å². The first-order chi connectivity index (χ1) is 8.72. The quantitative estimate of drug-likeness (QED) is 0.623. The van der Waals surface area contributed by atoms with Crippen molar-refractivity contribution in [1.29, 1.82) is 0 Å². The minimum Gasteiger partial charge on any atom is -0.380 e. The molecule has 2 aromatic heterocycles. The lowest BCUT2D eigenvalue weighted by Crippen LogP contribution is -1.96. The lowest BCUT2D eigenvalue weighted by atomic mass is 10.2. The zero-order valence-corrected chi connectivity index (χ0v) is 13.3. The van der Waals surface area contributed by atoms with Crippen LogP contribution < -0.4 is 5.32 Å². The molecule has 0 amide bonds. The molecule has 0 atom stereocenters. The summed E-state index contributed by atoms with van der Waals surface area (Å²) < 4.78 is 2.26. The van der Waals surface area contributed by atoms with E-state index in [1.165, 1.54) is 15.8 Å². The van der Waals surface area contributed by atoms with E-state index in [9.17, 15) is 0 Å². The number of benzene rings is 1. The molecule has 0 aliphatic carbocycles. The highest BCUT2D eigenvalue weighted by Gasteiger charge is 2.04. The number of nitrogens with one attached hydrogen (secondary N) is 2. The maximum atomic E-state index is 3.51. The van der Waals surface area contributed by atoms with Gasteiger partial charge in [0.05, 0.1) is 3.79 Å². The maximum Gasteiger partial charge on any atom is 0.0843 e. The van der Waals surface area contributed by atoms with Crippen molar-refractivity contribution in [3.63, 3.8) is 0 Å². The number of aromatic nitrogens is 1. The van der Waals surface area contributed by atoms with Gasteiger partial charge in [0.1, 0.15) is 0 Å². The monoisotopic (exact) mass is 384 g/mol. The van der Waals surface area contributed by atoms with Gasteiger partial charge in [-0.3, -0.25) is 0 Å². The number of H-pyrrole nitrogens is 1. The molecule has 3 rings (SSSR count). The molecular formula is C13H10Br2N2S. The van der Waals surface area contributed by atoms with Crippen molar-refractivity contribution in [3.8, 4) is 0 Å². The molecule has 0 aliphatic heterocycles. The number of rotatable bonds is 3. The van der Waals surface area contributed by atoms with Gasteiger partial charge in [0.2, 0.25) is 0 Å². The third-order valence-corrected chi connectivity index (χ3v) is 5.97. The first-order valence-corrected chi connectivity index (χ1v) is 7.87. The number of thiophene rings is 1. The lowest BCUT2D eigenvalue weighted by Gasteiger charge is -2.04. The van der Waals surface area contributed by atoms with Crippen LogP contribution in [0.4, 0.5) is 5.69 Å². The lowest BCUT2D eigenvalue weighted by molar-refractivity contribution is 1.19. The minimum absolute atomic E-state index is 0.838. The van der Waals surface area contributed by atoms with Gasteiger partial charge in [0.15, 0.2) is 0 Å². The summed E-state index contributed by atoms with van der Waals surface area (Å²) in [5.41, 5.74) is 2.31. The summed E-state index contributed by atoms with van der Waals surface area (Å²) in [6.45, 7) is 0.838. The number of aromatic amines is 1. The van der Waals surface area contributed by atoms with Crippen LogP contribution in [0.5, 0.6) is 0 Å². The van der Waals surface area contributed by atoms with Crippen molar-refractivity contribution in [2.75, 3.05) is 5.32 Å². The summed E-state index contributed by atoms with van der Waals surface area (Å²) in [5.74, 6) is 0. The summed E-state index contributed by atoms with van der Waals surface area (Å²) in [6, 6.07) is 10.6. The molecule has 0 fully saturated rings. The number of hydrogen-bond donors (Lipinski definition) is 2. The molecule has 0 aliphatic rings. The fourth-order valence-electron chi connectivity index (χ4n) is 1.83. The van der Waals surface area contributed by atoms with Crippen LogP contribution in [0.1, 0.15) is 4.88 Å². The smallest absolute Gasteiger partial charge is 0.0843 e. The molecule has 0 saturated carbocycles. The zero-order chi connectivity index (χ0) is 12.5. The average Bonchev–Trinajstić information content (AvgIpc) is 2.94. The molecule has 3 aromatic rings. The SMILES string of the molecule is Brc1cc(CNc2ccc3[nH]ccc3c2)sc1Br. The minimum atomic E-state index is 0.838. The molecule has 2 heterocycles. The summed E-state index contributed by atoms with van der Waals surface area (Å²) in [4.78, 5) is 4.49. The van der Waals surface area contributed by atoms with Crippen LogP contribution in [0.15, 0.2) is 44.8 Å². The molecule has 5 heteroatoms. The van der Waals surface area contributed by atoms with Gasteiger partial charge in [-0.25, -0.2) is 0 Å². The summed E-state index contributed by atoms with van der Waals surface area (Å²) in [5, 5.41) is 4.67. The van der Waals surface area contributed by atoms with Crippen LogP contribution >= 0.6 is 43.2 Å². The number of fused-ring (bicyclic) bond motifs is 1. The van der Waals surface area contributed by atoms with E-state index in [0.29, 0.717) is 0 Å². The molecule has 18 heavy (non-hydrogen) atoms. The second-order valence-corrected chi connectivity index (χ2v) is 7.28. The Labute approximate surface area is 126 Å². The van der Waals surface area contributed by atoms with Gasteiger partial charge < -0.3 is 10.3 Å². The second-order valence-electron chi connectivity index (χ2n) is 3.97. The third-order valence-electron chi connectivity index (χ3n) is 2.72. The summed E-state index contributed by atoms with van der Waals surface area (Å²) >= 11 is 8.75. The average molecular weight is 386 g/mol. The van der Waals surface area contributed by atoms with Crippen LogP contribution in [0.2, 0.25) is 0 Å². The number of halogens is 2. The molecule has 92 valence electrons. The van der Waals surface area contributed by atoms with Crippen LogP contribution in [0, 0.1) is 0 Å². The first kappa shape index (κ1) is 12.3. The Balaban J connectivity index is 1.76. The Bertz CT molecular complexity index is 668. The Morgan fingerprint density at radius 1 is 1.17 bits per heavy atom. The number of hydrogen-bond acceptors (Lipinski definition) is 2. The van der Waals surface area contributed by atoms with Crippen molar-refractivity contribution in [2.24, 2.45) is 0 Å². The predicted molar refractivity (Wildman–Crippen MR) is 85.3 cm³/mol. The zero-order valence-electron chi connectivity index (χ0n) is 9.34. The molecule has 2 nitrogen and oxygen atoms in total. The summed E-state index contributed by atoms with van der Waals surface area (Å²) in [6.07, 6.45) is 1.96. The molecule has 0 radical (unpaired) electrons. The normalized spacial score (nSPS) is 11.0. The van der Waals surface area contributed by atoms with E-state index in [0.717, 1.165) is 20.5 Å². The molecule has 0 bridgehead atoms. The molecule has 0 saturated heterocycles. The Hall–Kier alpha value is -0.780. The van der Waals surface area contributed by atoms with Crippen molar-refractivity contribution < 1.29 is 0 Å². The maximum absolute atomic E-state index is 3.51. The van der Waals surface area contributed by atoms with Crippen LogP contribution in [0.25, 0.3) is 10.9 Å². The standard InChI is InChI=1S/C13H10Br2N2S/c14-11-6-10(18-13(11)15)7-17-9-1-2-12-8(5-9)3-4-16-12/h1-6,16-17H,7H2. The first-order valence-electron chi connectivity index (χ1n) is 5.47. The van der Waals surface area contributed by atoms with Crippen molar-refractivity contribution in [3.05, 3.63) is 49.7 Å². The Morgan fingerprint density at radius 3 is 2.83 bits per heavy atom. The van der Waals surface area contributed by atoms with Gasteiger partial charge in [-0.15, -0.1) is 11.3 Å². The second kappa shape index (κ2) is 5.07. The fourth-order valence-corrected chi connectivity index (χ4v) is 3.95. The number of anilines is 1. The van der Waals surface area contributed by atoms with Gasteiger partial charge in [-0.05, 0) is 62.2 Å². The van der Waals surface area contributed by atoms with E-state index in [1.807, 2.05) is 6.20 Å². The van der Waals surface area contributed by atoms with E-state index in [2.05, 4.69) is 72.5 Å². The van der Waals surface area contributed by atoms with E-state index >= 15 is 0 Å². The van der Waals surface area contributed by atoms with E-state index in [1.54, 1.807) is 11.3 Å². The van der Waals surface area contributed by atoms with Gasteiger partial charge >= 0.3 is 0 Å². The largest absolute Gasteiger partial charge is 0.380 e. The van der Waals surface area contributed by atoms with Gasteiger partial charge in [-0.2, -0.15) is 0 Å². The van der Waals surface area contributed by atoms with Gasteiger partial charge in [-0.1, -0.05) is 0 Å². The predicted octanol–water partition coefficient (Wildman–Crippen LogP) is 5.37. The Kier molecular flexibility index (Phi) is 3.46. The third kappa shape index (κ3) is 2.48. The van der Waals surface area contributed by atoms with Gasteiger partial charge in [0.25, 0.3) is 0 Å². The molecule has 0 spiro atoms. The van der Waals surface area contributed by atoms with E-state index < -0.39 is 0 Å². The van der Waals surface area contributed by atoms with Crippen molar-refractivity contribution >= 4 is 59.8 Å². The molecule has 0 unspecified atom stereocenters. The van der Waals surface area contributed by atoms with Crippen LogP contribution in [-0.2, 0) is 6.54 Å². The highest BCUT2D eigenvalue weighted by molar-refractivity contribution is 9.13. The highest BCUT2D eigenvalue weighted by Crippen LogP contribution is 2.32. The van der Waals surface area contributed by atoms with E-state index in [4.69, 9.17) is 0 Å². The Morgan fingerprint density at radius 2 is 2.06 bits per heavy atom. The van der Waals surface area contributed by atoms with Crippen molar-refractivity contribution in [1.82, 2.24) is 4.98 Å². The van der Waals surface area contributed by atoms with Crippen molar-refractivity contribution in [2.45, 2.75) is 6.54 Å². The van der Waals surface area contributed by atoms with Gasteiger partial charge in [0, 0.05) is 38.7 Å². The van der Waals surface area contributed by atoms with Crippen LogP contribution in [-0.4, -0.2) is 4.98 Å². The van der Waals surface area contributed by atoms with E-state index in [-0.39, 0.29) is 0 Å². The molecule has 1 aromatic carbocycles. The summed E-state index contributed by atoms with van der Waals surface area (Å²) in [7, 11) is 0. The molecule has 2 N–H and O–H groups in total. The highest BCUT2D eigenvalue weighted by atomic mass is 79.9. The van der Waals surface area contributed by atoms with Crippen LogP contribution in [0.3, 0.4) is 0 Å².